The van der Waals surface area contributed by atoms with E-state index in [1.165, 1.54) is 5.56 Å². The van der Waals surface area contributed by atoms with Crippen LogP contribution in [0.25, 0.3) is 0 Å². The molecule has 1 unspecified atom stereocenters. The Morgan fingerprint density at radius 1 is 1.26 bits per heavy atom. The van der Waals surface area contributed by atoms with Gasteiger partial charge in [-0.1, -0.05) is 0 Å². The summed E-state index contributed by atoms with van der Waals surface area (Å²) in [5, 5.41) is 12.4. The third-order valence-electron chi connectivity index (χ3n) is 3.71. The lowest BCUT2D eigenvalue weighted by Crippen LogP contribution is -2.24. The van der Waals surface area contributed by atoms with Crippen LogP contribution < -0.4 is 11.5 Å². The monoisotopic (exact) mass is 371 g/mol. The number of hydrogen-bond acceptors (Lipinski definition) is 4. The van der Waals surface area contributed by atoms with Crippen molar-refractivity contribution >= 4 is 47.8 Å². The molecule has 5 nitrogen and oxygen atoms in total. The lowest BCUT2D eigenvalue weighted by molar-refractivity contribution is 0.679. The number of nitrogens with two attached hydrogens (primary N) is 2. The maximum Gasteiger partial charge on any atom is 0.211 e. The van der Waals surface area contributed by atoms with E-state index < -0.39 is 0 Å². The lowest BCUT2D eigenvalue weighted by Gasteiger charge is -2.25. The highest BCUT2D eigenvalue weighted by Crippen LogP contribution is 2.34. The van der Waals surface area contributed by atoms with Gasteiger partial charge in [0.25, 0.3) is 0 Å². The second-order valence-corrected chi connectivity index (χ2v) is 5.96. The van der Waals surface area contributed by atoms with Crippen molar-refractivity contribution in [1.82, 2.24) is 4.98 Å². The second-order valence-electron chi connectivity index (χ2n) is 5.18. The van der Waals surface area contributed by atoms with Crippen LogP contribution in [-0.2, 0) is 6.42 Å². The van der Waals surface area contributed by atoms with E-state index in [2.05, 4.69) is 38.9 Å². The van der Waals surface area contributed by atoms with Crippen LogP contribution in [0.1, 0.15) is 34.7 Å². The van der Waals surface area contributed by atoms with Crippen LogP contribution in [0.15, 0.2) is 39.3 Å². The number of aryl methyl sites for hydroxylation is 1. The number of aromatic nitrogens is 1. The van der Waals surface area contributed by atoms with E-state index in [0.29, 0.717) is 5.92 Å². The van der Waals surface area contributed by atoms with Crippen LogP contribution in [0.5, 0.6) is 0 Å². The molecule has 8 heteroatoms. The van der Waals surface area contributed by atoms with Crippen molar-refractivity contribution in [3.05, 3.63) is 51.5 Å². The molecule has 2 aromatic rings. The molecule has 1 atom stereocenters. The molecule has 2 aromatic heterocycles. The Balaban J connectivity index is 0.00000132. The molecule has 23 heavy (non-hydrogen) atoms. The summed E-state index contributed by atoms with van der Waals surface area (Å²) in [6.45, 7) is 2.07. The first-order valence-electron chi connectivity index (χ1n) is 6.77. The molecule has 0 bridgehead atoms. The highest BCUT2D eigenvalue weighted by Gasteiger charge is 2.27. The molecule has 0 spiro atoms. The van der Waals surface area contributed by atoms with Gasteiger partial charge in [0.2, 0.25) is 5.96 Å². The van der Waals surface area contributed by atoms with Gasteiger partial charge in [-0.15, -0.1) is 29.9 Å². The summed E-state index contributed by atoms with van der Waals surface area (Å²) >= 11 is 1.71. The van der Waals surface area contributed by atoms with Crippen LogP contribution in [-0.4, -0.2) is 16.7 Å². The molecule has 0 radical (unpaired) electrons. The summed E-state index contributed by atoms with van der Waals surface area (Å²) in [5.41, 5.74) is 16.4. The summed E-state index contributed by atoms with van der Waals surface area (Å²) in [6.07, 6.45) is 3.60. The van der Waals surface area contributed by atoms with E-state index in [4.69, 9.17) is 11.5 Å². The molecule has 124 valence electrons. The zero-order valence-corrected chi connectivity index (χ0v) is 15.0. The number of thiophene rings is 1. The fraction of sp³-hybridized carbons (Fsp3) is 0.267. The quantitative estimate of drug-likeness (QED) is 0.482. The number of hydrogen-bond donors (Lipinski definition) is 2. The number of guanidine groups is 1. The Labute approximate surface area is 151 Å². The standard InChI is InChI=1S/C15H17N5S.2ClH/c1-9-2-4-18-12-6-11(10-3-5-21-8-10)7-13(14(9)12)19-20-15(16)17;;/h2-5,8,11H,6-7H2,1H3,(H4,16,17,20);2*1H/b19-13+;;. The first-order chi connectivity index (χ1) is 10.1. The second kappa shape index (κ2) is 8.29. The SMILES string of the molecule is Cc1ccnc2c1/C(=N/N=C(N)N)CC(c1ccsc1)C2.Cl.Cl. The van der Waals surface area contributed by atoms with Crippen LogP contribution >= 0.6 is 36.2 Å². The van der Waals surface area contributed by atoms with Gasteiger partial charge in [-0.2, -0.15) is 16.4 Å². The number of fused-ring (bicyclic) bond motifs is 1. The molecule has 0 aromatic carbocycles. The minimum Gasteiger partial charge on any atom is -0.369 e. The number of rotatable bonds is 2. The third-order valence-corrected chi connectivity index (χ3v) is 4.41. The summed E-state index contributed by atoms with van der Waals surface area (Å²) in [5.74, 6) is 0.356. The van der Waals surface area contributed by atoms with Gasteiger partial charge in [0.05, 0.1) is 11.4 Å². The summed E-state index contributed by atoms with van der Waals surface area (Å²) in [7, 11) is 0. The van der Waals surface area contributed by atoms with Crippen molar-refractivity contribution in [3.63, 3.8) is 0 Å². The number of pyridine rings is 1. The van der Waals surface area contributed by atoms with E-state index in [0.717, 1.165) is 35.4 Å². The smallest absolute Gasteiger partial charge is 0.211 e. The topological polar surface area (TPSA) is 89.6 Å². The van der Waals surface area contributed by atoms with Crippen LogP contribution in [0, 0.1) is 6.92 Å². The van der Waals surface area contributed by atoms with E-state index in [9.17, 15) is 0 Å². The first-order valence-corrected chi connectivity index (χ1v) is 7.72. The van der Waals surface area contributed by atoms with Gasteiger partial charge in [-0.3, -0.25) is 4.98 Å². The number of nitrogens with zero attached hydrogens (tertiary/aromatic N) is 3. The van der Waals surface area contributed by atoms with Crippen molar-refractivity contribution in [2.45, 2.75) is 25.7 Å². The van der Waals surface area contributed by atoms with Gasteiger partial charge in [0, 0.05) is 11.8 Å². The summed E-state index contributed by atoms with van der Waals surface area (Å²) in [6, 6.07) is 4.16. The highest BCUT2D eigenvalue weighted by atomic mass is 35.5. The van der Waals surface area contributed by atoms with Gasteiger partial charge in [0.1, 0.15) is 0 Å². The summed E-state index contributed by atoms with van der Waals surface area (Å²) in [4.78, 5) is 4.53. The number of halogens is 2. The van der Waals surface area contributed by atoms with E-state index in [1.54, 1.807) is 11.3 Å². The Bertz CT molecular complexity index is 709. The fourth-order valence-electron chi connectivity index (χ4n) is 2.76. The maximum atomic E-state index is 5.40. The van der Waals surface area contributed by atoms with Crippen molar-refractivity contribution in [1.29, 1.82) is 0 Å². The van der Waals surface area contributed by atoms with Gasteiger partial charge in [0.15, 0.2) is 0 Å². The van der Waals surface area contributed by atoms with E-state index in [-0.39, 0.29) is 30.8 Å². The van der Waals surface area contributed by atoms with Crippen molar-refractivity contribution in [3.8, 4) is 0 Å². The minimum absolute atomic E-state index is 0. The average molecular weight is 372 g/mol. The molecule has 2 heterocycles. The zero-order valence-electron chi connectivity index (χ0n) is 12.6. The lowest BCUT2D eigenvalue weighted by atomic mass is 9.81. The van der Waals surface area contributed by atoms with Gasteiger partial charge in [-0.25, -0.2) is 0 Å². The summed E-state index contributed by atoms with van der Waals surface area (Å²) < 4.78 is 0. The predicted molar refractivity (Wildman–Crippen MR) is 101 cm³/mol. The van der Waals surface area contributed by atoms with Gasteiger partial charge >= 0.3 is 0 Å². The molecular weight excluding hydrogens is 353 g/mol. The molecule has 1 aliphatic rings. The van der Waals surface area contributed by atoms with Crippen LogP contribution in [0.4, 0.5) is 0 Å². The van der Waals surface area contributed by atoms with Gasteiger partial charge in [-0.05, 0) is 59.7 Å². The van der Waals surface area contributed by atoms with E-state index >= 15 is 0 Å². The van der Waals surface area contributed by atoms with Gasteiger partial charge < -0.3 is 11.5 Å². The molecule has 3 rings (SSSR count). The molecule has 0 aliphatic heterocycles. The van der Waals surface area contributed by atoms with Crippen LogP contribution in [0.3, 0.4) is 0 Å². The Kier molecular flexibility index (Phi) is 7.00. The molecule has 4 N–H and O–H groups in total. The molecule has 0 saturated carbocycles. The zero-order chi connectivity index (χ0) is 14.8. The average Bonchev–Trinajstić information content (AvgIpc) is 2.98. The Hall–Kier alpha value is -1.63. The molecular formula is C15H19Cl2N5S. The predicted octanol–water partition coefficient (Wildman–Crippen LogP) is 3.00. The molecule has 0 saturated heterocycles. The van der Waals surface area contributed by atoms with Crippen molar-refractivity contribution < 1.29 is 0 Å². The fourth-order valence-corrected chi connectivity index (χ4v) is 3.50. The normalized spacial score (nSPS) is 17.6. The Morgan fingerprint density at radius 2 is 2.04 bits per heavy atom. The van der Waals surface area contributed by atoms with E-state index in [1.807, 2.05) is 12.3 Å². The van der Waals surface area contributed by atoms with Crippen molar-refractivity contribution in [2.24, 2.45) is 21.7 Å². The first kappa shape index (κ1) is 19.4. The molecule has 0 amide bonds. The van der Waals surface area contributed by atoms with Crippen molar-refractivity contribution in [2.75, 3.05) is 0 Å². The molecule has 1 aliphatic carbocycles. The highest BCUT2D eigenvalue weighted by molar-refractivity contribution is 7.08. The third kappa shape index (κ3) is 4.22. The maximum absolute atomic E-state index is 5.40. The van der Waals surface area contributed by atoms with Crippen LogP contribution in [0.2, 0.25) is 0 Å². The Morgan fingerprint density at radius 3 is 2.70 bits per heavy atom. The minimum atomic E-state index is -0.0248. The largest absolute Gasteiger partial charge is 0.369 e. The molecule has 0 fully saturated rings.